The molecule has 1 N–H and O–H groups in total. The van der Waals surface area contributed by atoms with Crippen molar-refractivity contribution in [3.8, 4) is 22.6 Å². The highest BCUT2D eigenvalue weighted by Crippen LogP contribution is 2.31. The molecule has 0 saturated carbocycles. The Morgan fingerprint density at radius 2 is 2.00 bits per heavy atom. The Bertz CT molecular complexity index is 1070. The summed E-state index contributed by atoms with van der Waals surface area (Å²) in [5, 5.41) is 3.22. The van der Waals surface area contributed by atoms with Gasteiger partial charge in [0.25, 0.3) is 0 Å². The zero-order valence-electron chi connectivity index (χ0n) is 17.4. The predicted octanol–water partition coefficient (Wildman–Crippen LogP) is 5.61. The molecule has 2 aromatic heterocycles. The molecule has 5 nitrogen and oxygen atoms in total. The Balaban J connectivity index is 1.96. The smallest absolute Gasteiger partial charge is 0.223 e. The van der Waals surface area contributed by atoms with Gasteiger partial charge in [0.2, 0.25) is 5.95 Å². The minimum absolute atomic E-state index is 0.319. The molecule has 7 heteroatoms. The van der Waals surface area contributed by atoms with E-state index in [1.54, 1.807) is 36.8 Å². The Hall–Kier alpha value is -3.61. The molecule has 0 radical (unpaired) electrons. The summed E-state index contributed by atoms with van der Waals surface area (Å²) in [6.07, 6.45) is 11.3. The Morgan fingerprint density at radius 3 is 2.71 bits per heavy atom. The van der Waals surface area contributed by atoms with Gasteiger partial charge in [-0.1, -0.05) is 30.9 Å². The number of halogens is 2. The molecule has 0 saturated heterocycles. The summed E-state index contributed by atoms with van der Waals surface area (Å²) in [4.78, 5) is 13.5. The van der Waals surface area contributed by atoms with Crippen LogP contribution in [-0.2, 0) is 6.54 Å². The van der Waals surface area contributed by atoms with Gasteiger partial charge in [0.15, 0.2) is 0 Å². The van der Waals surface area contributed by atoms with E-state index in [1.165, 1.54) is 12.1 Å². The lowest BCUT2D eigenvalue weighted by molar-refractivity contribution is 0.447. The van der Waals surface area contributed by atoms with Gasteiger partial charge in [-0.15, -0.1) is 0 Å². The maximum absolute atomic E-state index is 13.4. The monoisotopic (exact) mass is 421 g/mol. The lowest BCUT2D eigenvalue weighted by Crippen LogP contribution is -2.08. The Morgan fingerprint density at radius 1 is 1.19 bits per heavy atom. The van der Waals surface area contributed by atoms with E-state index < -0.39 is 6.67 Å². The number of allylic oxidation sites excluding steroid dienone is 3. The molecule has 0 atom stereocenters. The highest BCUT2D eigenvalue weighted by Gasteiger charge is 2.17. The quantitative estimate of drug-likeness (QED) is 0.433. The highest BCUT2D eigenvalue weighted by atomic mass is 19.1. The van der Waals surface area contributed by atoms with Crippen molar-refractivity contribution in [3.63, 3.8) is 0 Å². The van der Waals surface area contributed by atoms with E-state index in [0.717, 1.165) is 16.8 Å². The Kier molecular flexibility index (Phi) is 7.81. The summed E-state index contributed by atoms with van der Waals surface area (Å²) in [6.45, 7) is 6.25. The summed E-state index contributed by atoms with van der Waals surface area (Å²) in [5.41, 5.74) is 3.83. The van der Waals surface area contributed by atoms with Crippen molar-refractivity contribution < 1.29 is 8.78 Å². The molecule has 160 valence electrons. The second kappa shape index (κ2) is 11.0. The van der Waals surface area contributed by atoms with Gasteiger partial charge in [-0.2, -0.15) is 0 Å². The number of aryl methyl sites for hydroxylation is 1. The van der Waals surface area contributed by atoms with Gasteiger partial charge in [-0.3, -0.25) is 4.39 Å². The molecule has 0 amide bonds. The van der Waals surface area contributed by atoms with Crippen LogP contribution in [0.3, 0.4) is 0 Å². The molecule has 0 aliphatic carbocycles. The van der Waals surface area contributed by atoms with Crippen molar-refractivity contribution in [1.82, 2.24) is 19.5 Å². The minimum atomic E-state index is -0.427. The van der Waals surface area contributed by atoms with Crippen molar-refractivity contribution in [2.75, 3.05) is 18.5 Å². The first-order chi connectivity index (χ1) is 15.2. The van der Waals surface area contributed by atoms with Crippen LogP contribution in [0, 0.1) is 5.82 Å². The molecule has 1 aromatic carbocycles. The van der Waals surface area contributed by atoms with Gasteiger partial charge in [0.05, 0.1) is 30.1 Å². The number of hydrogen-bond donors (Lipinski definition) is 1. The van der Waals surface area contributed by atoms with Crippen LogP contribution in [-0.4, -0.2) is 32.7 Å². The standard InChI is InChI=1S/C24H25F2N5/c1-3-6-18(7-4-2)16-28-24-27-14-12-21(30-24)23-22(19-8-10-20(26)11-9-19)29-17-31(23)15-5-13-25/h3-4,6-12,14,17H,1,5,13,15-16H2,2H3,(H,27,28,30)/b7-4-,18-6+. The van der Waals surface area contributed by atoms with E-state index in [2.05, 4.69) is 26.8 Å². The van der Waals surface area contributed by atoms with Crippen LogP contribution in [0.2, 0.25) is 0 Å². The molecule has 3 aromatic rings. The van der Waals surface area contributed by atoms with Crippen LogP contribution in [0.15, 0.2) is 79.3 Å². The zero-order valence-corrected chi connectivity index (χ0v) is 17.4. The molecule has 2 heterocycles. The molecule has 0 spiro atoms. The van der Waals surface area contributed by atoms with Gasteiger partial charge >= 0.3 is 0 Å². The third-order valence-corrected chi connectivity index (χ3v) is 4.55. The third-order valence-electron chi connectivity index (χ3n) is 4.55. The molecule has 0 fully saturated rings. The molecule has 0 unspecified atom stereocenters. The summed E-state index contributed by atoms with van der Waals surface area (Å²) in [5.74, 6) is 0.139. The number of benzene rings is 1. The number of nitrogens with zero attached hydrogens (tertiary/aromatic N) is 4. The van der Waals surface area contributed by atoms with Crippen molar-refractivity contribution in [1.29, 1.82) is 0 Å². The van der Waals surface area contributed by atoms with Crippen LogP contribution in [0.25, 0.3) is 22.6 Å². The molecule has 0 aliphatic rings. The lowest BCUT2D eigenvalue weighted by Gasteiger charge is -2.11. The van der Waals surface area contributed by atoms with Gasteiger partial charge in [-0.25, -0.2) is 19.3 Å². The zero-order chi connectivity index (χ0) is 22.1. The van der Waals surface area contributed by atoms with E-state index in [9.17, 15) is 8.78 Å². The first-order valence-corrected chi connectivity index (χ1v) is 10.0. The second-order valence-corrected chi connectivity index (χ2v) is 6.78. The van der Waals surface area contributed by atoms with E-state index in [1.807, 2.05) is 29.7 Å². The fourth-order valence-corrected chi connectivity index (χ4v) is 3.17. The SMILES string of the molecule is C=C/C=C(\C=C/C)CNc1nccc(-c2c(-c3ccc(F)cc3)ncn2CCCF)n1. The van der Waals surface area contributed by atoms with Gasteiger partial charge < -0.3 is 9.88 Å². The number of alkyl halides is 1. The first kappa shape index (κ1) is 22.1. The molecular formula is C24H25F2N5. The van der Waals surface area contributed by atoms with Crippen LogP contribution in [0.5, 0.6) is 0 Å². The first-order valence-electron chi connectivity index (χ1n) is 10.0. The van der Waals surface area contributed by atoms with Crippen molar-refractivity contribution >= 4 is 5.95 Å². The Labute approximate surface area is 180 Å². The highest BCUT2D eigenvalue weighted by molar-refractivity contribution is 5.77. The minimum Gasteiger partial charge on any atom is -0.350 e. The van der Waals surface area contributed by atoms with Crippen LogP contribution >= 0.6 is 0 Å². The molecule has 0 aliphatic heterocycles. The van der Waals surface area contributed by atoms with Gasteiger partial charge in [0.1, 0.15) is 5.82 Å². The number of rotatable bonds is 10. The molecule has 3 rings (SSSR count). The maximum Gasteiger partial charge on any atom is 0.223 e. The van der Waals surface area contributed by atoms with Gasteiger partial charge in [0, 0.05) is 24.8 Å². The number of nitrogens with one attached hydrogen (secondary N) is 1. The normalized spacial score (nSPS) is 11.8. The van der Waals surface area contributed by atoms with Crippen LogP contribution in [0.4, 0.5) is 14.7 Å². The third kappa shape index (κ3) is 5.72. The van der Waals surface area contributed by atoms with Crippen molar-refractivity contribution in [2.24, 2.45) is 0 Å². The largest absolute Gasteiger partial charge is 0.350 e. The number of hydrogen-bond acceptors (Lipinski definition) is 4. The van der Waals surface area contributed by atoms with E-state index in [-0.39, 0.29) is 5.82 Å². The summed E-state index contributed by atoms with van der Waals surface area (Å²) >= 11 is 0. The maximum atomic E-state index is 13.4. The number of aromatic nitrogens is 4. The lowest BCUT2D eigenvalue weighted by atomic mass is 10.1. The van der Waals surface area contributed by atoms with E-state index in [0.29, 0.717) is 36.8 Å². The molecule has 0 bridgehead atoms. The second-order valence-electron chi connectivity index (χ2n) is 6.78. The van der Waals surface area contributed by atoms with Crippen LogP contribution in [0.1, 0.15) is 13.3 Å². The topological polar surface area (TPSA) is 55.6 Å². The summed E-state index contributed by atoms with van der Waals surface area (Å²) < 4.78 is 28.1. The predicted molar refractivity (Wildman–Crippen MR) is 121 cm³/mol. The van der Waals surface area contributed by atoms with Crippen molar-refractivity contribution in [2.45, 2.75) is 19.9 Å². The van der Waals surface area contributed by atoms with Gasteiger partial charge in [-0.05, 0) is 49.2 Å². The van der Waals surface area contributed by atoms with Crippen molar-refractivity contribution in [3.05, 3.63) is 85.1 Å². The summed E-state index contributed by atoms with van der Waals surface area (Å²) in [7, 11) is 0. The number of imidazole rings is 1. The average Bonchev–Trinajstić information content (AvgIpc) is 3.21. The average molecular weight is 421 g/mol. The molecular weight excluding hydrogens is 396 g/mol. The fourth-order valence-electron chi connectivity index (χ4n) is 3.17. The van der Waals surface area contributed by atoms with E-state index >= 15 is 0 Å². The van der Waals surface area contributed by atoms with E-state index in [4.69, 9.17) is 0 Å². The summed E-state index contributed by atoms with van der Waals surface area (Å²) in [6, 6.07) is 7.91. The molecule has 31 heavy (non-hydrogen) atoms. The number of anilines is 1. The fraction of sp³-hybridized carbons (Fsp3) is 0.208. The van der Waals surface area contributed by atoms with Crippen LogP contribution < -0.4 is 5.32 Å².